The Labute approximate surface area is 101 Å². The summed E-state index contributed by atoms with van der Waals surface area (Å²) in [6.07, 6.45) is 3.02. The van der Waals surface area contributed by atoms with Crippen LogP contribution in [0.1, 0.15) is 6.42 Å². The van der Waals surface area contributed by atoms with E-state index in [1.807, 2.05) is 24.4 Å². The summed E-state index contributed by atoms with van der Waals surface area (Å²) in [4.78, 5) is 4.39. The van der Waals surface area contributed by atoms with Crippen molar-refractivity contribution in [2.45, 2.75) is 6.42 Å². The number of aromatic nitrogens is 1. The molecule has 88 valence electrons. The Bertz CT molecular complexity index is 506. The Morgan fingerprint density at radius 3 is 3.18 bits per heavy atom. The second kappa shape index (κ2) is 4.72. The van der Waals surface area contributed by atoms with E-state index in [9.17, 15) is 0 Å². The molecule has 0 bridgehead atoms. The first-order valence-corrected chi connectivity index (χ1v) is 6.10. The molecule has 1 fully saturated rings. The largest absolute Gasteiger partial charge is 0.492 e. The zero-order valence-electron chi connectivity index (χ0n) is 9.73. The van der Waals surface area contributed by atoms with Crippen LogP contribution >= 0.6 is 0 Å². The van der Waals surface area contributed by atoms with Crippen molar-refractivity contribution in [1.82, 2.24) is 10.3 Å². The molecule has 0 saturated carbocycles. The molecule has 1 aliphatic rings. The first-order valence-electron chi connectivity index (χ1n) is 6.10. The van der Waals surface area contributed by atoms with Gasteiger partial charge in [-0.05, 0) is 25.1 Å². The van der Waals surface area contributed by atoms with Crippen molar-refractivity contribution >= 4 is 10.9 Å². The summed E-state index contributed by atoms with van der Waals surface area (Å²) in [5.74, 6) is 1.51. The van der Waals surface area contributed by atoms with E-state index < -0.39 is 0 Å². The summed E-state index contributed by atoms with van der Waals surface area (Å²) in [7, 11) is 0. The van der Waals surface area contributed by atoms with Gasteiger partial charge < -0.3 is 10.1 Å². The predicted molar refractivity (Wildman–Crippen MR) is 68.2 cm³/mol. The summed E-state index contributed by atoms with van der Waals surface area (Å²) < 4.78 is 5.80. The molecule has 1 aromatic carbocycles. The molecule has 3 heteroatoms. The Morgan fingerprint density at radius 1 is 1.35 bits per heavy atom. The summed E-state index contributed by atoms with van der Waals surface area (Å²) in [5, 5.41) is 4.48. The molecule has 1 saturated heterocycles. The number of hydrogen-bond acceptors (Lipinski definition) is 3. The van der Waals surface area contributed by atoms with E-state index in [1.165, 1.54) is 6.42 Å². The van der Waals surface area contributed by atoms with Crippen LogP contribution in [0.15, 0.2) is 36.5 Å². The van der Waals surface area contributed by atoms with Crippen LogP contribution in [0, 0.1) is 5.92 Å². The number of hydrogen-bond donors (Lipinski definition) is 1. The van der Waals surface area contributed by atoms with Crippen LogP contribution in [0.3, 0.4) is 0 Å². The lowest BCUT2D eigenvalue weighted by Crippen LogP contribution is -2.15. The number of nitrogens with zero attached hydrogens (tertiary/aromatic N) is 1. The van der Waals surface area contributed by atoms with Crippen molar-refractivity contribution in [3.63, 3.8) is 0 Å². The highest BCUT2D eigenvalue weighted by molar-refractivity contribution is 5.79. The van der Waals surface area contributed by atoms with Gasteiger partial charge in [-0.3, -0.25) is 4.98 Å². The van der Waals surface area contributed by atoms with Gasteiger partial charge in [-0.15, -0.1) is 0 Å². The van der Waals surface area contributed by atoms with E-state index >= 15 is 0 Å². The Hall–Kier alpha value is -1.61. The average molecular weight is 228 g/mol. The van der Waals surface area contributed by atoms with Crippen molar-refractivity contribution in [1.29, 1.82) is 0 Å². The number of rotatable bonds is 3. The number of benzene rings is 1. The van der Waals surface area contributed by atoms with Gasteiger partial charge in [0.05, 0.1) is 18.3 Å². The van der Waals surface area contributed by atoms with Gasteiger partial charge in [-0.2, -0.15) is 0 Å². The zero-order chi connectivity index (χ0) is 11.5. The monoisotopic (exact) mass is 228 g/mol. The molecule has 0 radical (unpaired) electrons. The van der Waals surface area contributed by atoms with E-state index in [2.05, 4.69) is 22.4 Å². The maximum atomic E-state index is 5.80. The minimum Gasteiger partial charge on any atom is -0.492 e. The second-order valence-corrected chi connectivity index (χ2v) is 4.53. The van der Waals surface area contributed by atoms with Gasteiger partial charge in [0.25, 0.3) is 0 Å². The fourth-order valence-corrected chi connectivity index (χ4v) is 2.20. The molecule has 2 heterocycles. The lowest BCUT2D eigenvalue weighted by Gasteiger charge is -2.10. The molecule has 1 unspecified atom stereocenters. The molecule has 1 aliphatic heterocycles. The van der Waals surface area contributed by atoms with Gasteiger partial charge in [-0.1, -0.05) is 18.2 Å². The molecule has 1 aromatic heterocycles. The van der Waals surface area contributed by atoms with Gasteiger partial charge in [0.15, 0.2) is 0 Å². The molecular formula is C14H16N2O. The van der Waals surface area contributed by atoms with Crippen LogP contribution in [-0.2, 0) is 0 Å². The third kappa shape index (κ3) is 2.39. The summed E-state index contributed by atoms with van der Waals surface area (Å²) in [6.45, 7) is 2.97. The quantitative estimate of drug-likeness (QED) is 0.874. The topological polar surface area (TPSA) is 34.1 Å². The molecule has 17 heavy (non-hydrogen) atoms. The highest BCUT2D eigenvalue weighted by Crippen LogP contribution is 2.19. The first kappa shape index (κ1) is 10.5. The average Bonchev–Trinajstić information content (AvgIpc) is 2.89. The highest BCUT2D eigenvalue weighted by Gasteiger charge is 2.14. The predicted octanol–water partition coefficient (Wildman–Crippen LogP) is 2.22. The summed E-state index contributed by atoms with van der Waals surface area (Å²) in [5.41, 5.74) is 1.02. The van der Waals surface area contributed by atoms with E-state index in [0.717, 1.165) is 36.3 Å². The van der Waals surface area contributed by atoms with E-state index in [4.69, 9.17) is 4.74 Å². The molecule has 3 rings (SSSR count). The van der Waals surface area contributed by atoms with Gasteiger partial charge in [0.2, 0.25) is 0 Å². The van der Waals surface area contributed by atoms with E-state index in [-0.39, 0.29) is 0 Å². The van der Waals surface area contributed by atoms with Crippen LogP contribution in [0.2, 0.25) is 0 Å². The zero-order valence-corrected chi connectivity index (χ0v) is 9.73. The minimum absolute atomic E-state index is 0.640. The molecule has 0 aliphatic carbocycles. The van der Waals surface area contributed by atoms with Gasteiger partial charge >= 0.3 is 0 Å². The number of para-hydroxylation sites is 1. The molecule has 0 spiro atoms. The Kier molecular flexibility index (Phi) is 2.92. The second-order valence-electron chi connectivity index (χ2n) is 4.53. The molecule has 3 nitrogen and oxygen atoms in total. The molecule has 0 amide bonds. The third-order valence-electron chi connectivity index (χ3n) is 3.21. The molecular weight excluding hydrogens is 212 g/mol. The van der Waals surface area contributed by atoms with Crippen molar-refractivity contribution in [3.05, 3.63) is 36.5 Å². The molecule has 2 aromatic rings. The summed E-state index contributed by atoms with van der Waals surface area (Å²) >= 11 is 0. The number of fused-ring (bicyclic) bond motifs is 1. The van der Waals surface area contributed by atoms with Gasteiger partial charge in [0, 0.05) is 17.8 Å². The minimum atomic E-state index is 0.640. The van der Waals surface area contributed by atoms with Crippen molar-refractivity contribution in [2.75, 3.05) is 19.7 Å². The van der Waals surface area contributed by atoms with Crippen LogP contribution in [0.4, 0.5) is 0 Å². The Balaban J connectivity index is 1.72. The Morgan fingerprint density at radius 2 is 2.29 bits per heavy atom. The highest BCUT2D eigenvalue weighted by atomic mass is 16.5. The number of nitrogens with one attached hydrogen (secondary N) is 1. The van der Waals surface area contributed by atoms with E-state index in [0.29, 0.717) is 5.92 Å². The number of ether oxygens (including phenoxy) is 1. The lowest BCUT2D eigenvalue weighted by molar-refractivity contribution is 0.259. The summed E-state index contributed by atoms with van der Waals surface area (Å²) in [6, 6.07) is 10.2. The SMILES string of the molecule is c1ccc2ncc(OCC3CCNC3)cc2c1. The smallest absolute Gasteiger partial charge is 0.138 e. The normalized spacial score (nSPS) is 19.6. The van der Waals surface area contributed by atoms with E-state index in [1.54, 1.807) is 0 Å². The van der Waals surface area contributed by atoms with Crippen molar-refractivity contribution in [2.24, 2.45) is 5.92 Å². The van der Waals surface area contributed by atoms with Gasteiger partial charge in [-0.25, -0.2) is 0 Å². The standard InChI is InChI=1S/C14H16N2O/c1-2-4-14-12(3-1)7-13(9-16-14)17-10-11-5-6-15-8-11/h1-4,7,9,11,15H,5-6,8,10H2. The fraction of sp³-hybridized carbons (Fsp3) is 0.357. The molecule has 1 atom stereocenters. The maximum Gasteiger partial charge on any atom is 0.138 e. The van der Waals surface area contributed by atoms with Crippen LogP contribution in [0.25, 0.3) is 10.9 Å². The van der Waals surface area contributed by atoms with Crippen molar-refractivity contribution < 1.29 is 4.74 Å². The fourth-order valence-electron chi connectivity index (χ4n) is 2.20. The molecule has 1 N–H and O–H groups in total. The first-order chi connectivity index (χ1) is 8.42. The maximum absolute atomic E-state index is 5.80. The van der Waals surface area contributed by atoms with Gasteiger partial charge in [0.1, 0.15) is 5.75 Å². The van der Waals surface area contributed by atoms with Crippen LogP contribution in [0.5, 0.6) is 5.75 Å². The lowest BCUT2D eigenvalue weighted by atomic mass is 10.1. The number of pyridine rings is 1. The van der Waals surface area contributed by atoms with Crippen LogP contribution < -0.4 is 10.1 Å². The third-order valence-corrected chi connectivity index (χ3v) is 3.21. The van der Waals surface area contributed by atoms with Crippen LogP contribution in [-0.4, -0.2) is 24.7 Å². The van der Waals surface area contributed by atoms with Crippen molar-refractivity contribution in [3.8, 4) is 5.75 Å².